The highest BCUT2D eigenvalue weighted by Gasteiger charge is 2.28. The zero-order chi connectivity index (χ0) is 10.1. The summed E-state index contributed by atoms with van der Waals surface area (Å²) in [6, 6.07) is 7.81. The third-order valence-corrected chi connectivity index (χ3v) is 2.79. The Labute approximate surface area is 88.8 Å². The second-order valence-electron chi connectivity index (χ2n) is 3.80. The summed E-state index contributed by atoms with van der Waals surface area (Å²) in [5.41, 5.74) is 0. The lowest BCUT2D eigenvalue weighted by Gasteiger charge is -2.31. The molecule has 0 amide bonds. The maximum absolute atomic E-state index is 5.88. The third kappa shape index (κ3) is 1.66. The summed E-state index contributed by atoms with van der Waals surface area (Å²) in [5.74, 6) is 1.70. The molecule has 1 fully saturated rings. The molecule has 0 bridgehead atoms. The molecule has 0 spiro atoms. The van der Waals surface area contributed by atoms with Gasteiger partial charge in [-0.2, -0.15) is 0 Å². The molecule has 15 heavy (non-hydrogen) atoms. The molecule has 4 nitrogen and oxygen atoms in total. The maximum Gasteiger partial charge on any atom is 0.188 e. The summed E-state index contributed by atoms with van der Waals surface area (Å²) in [6.07, 6.45) is 0.0508. The van der Waals surface area contributed by atoms with Crippen molar-refractivity contribution in [1.29, 1.82) is 0 Å². The first-order valence-corrected chi connectivity index (χ1v) is 5.27. The SMILES string of the molecule is c1ccc2c(c1)OCC(N1CCNC1)O2. The minimum Gasteiger partial charge on any atom is -0.484 e. The van der Waals surface area contributed by atoms with Crippen molar-refractivity contribution in [2.45, 2.75) is 6.23 Å². The average molecular weight is 206 g/mol. The van der Waals surface area contributed by atoms with Crippen LogP contribution in [0.25, 0.3) is 0 Å². The number of ether oxygens (including phenoxy) is 2. The van der Waals surface area contributed by atoms with Crippen LogP contribution in [-0.2, 0) is 0 Å². The average Bonchev–Trinajstić information content (AvgIpc) is 2.82. The van der Waals surface area contributed by atoms with Gasteiger partial charge in [0, 0.05) is 13.1 Å². The normalized spacial score (nSPS) is 25.5. The maximum atomic E-state index is 5.88. The highest BCUT2D eigenvalue weighted by atomic mass is 16.6. The van der Waals surface area contributed by atoms with Crippen LogP contribution >= 0.6 is 0 Å². The molecule has 1 aromatic rings. The second kappa shape index (κ2) is 3.72. The summed E-state index contributed by atoms with van der Waals surface area (Å²) >= 11 is 0. The van der Waals surface area contributed by atoms with Crippen LogP contribution in [0.1, 0.15) is 0 Å². The molecule has 0 aliphatic carbocycles. The Morgan fingerprint density at radius 2 is 2.13 bits per heavy atom. The van der Waals surface area contributed by atoms with Crippen LogP contribution < -0.4 is 14.8 Å². The van der Waals surface area contributed by atoms with Gasteiger partial charge in [-0.15, -0.1) is 0 Å². The number of hydrogen-bond acceptors (Lipinski definition) is 4. The van der Waals surface area contributed by atoms with Crippen molar-refractivity contribution >= 4 is 0 Å². The summed E-state index contributed by atoms with van der Waals surface area (Å²) in [5, 5.41) is 3.28. The Morgan fingerprint density at radius 1 is 1.27 bits per heavy atom. The molecule has 4 heteroatoms. The standard InChI is InChI=1S/C11H14N2O2/c1-2-4-10-9(3-1)14-7-11(15-10)13-6-5-12-8-13/h1-4,11-12H,5-8H2. The van der Waals surface area contributed by atoms with Crippen LogP contribution in [0.2, 0.25) is 0 Å². The number of hydrogen-bond donors (Lipinski definition) is 1. The molecule has 1 saturated heterocycles. The molecule has 1 aromatic carbocycles. The van der Waals surface area contributed by atoms with Gasteiger partial charge in [-0.3, -0.25) is 4.90 Å². The molecule has 1 unspecified atom stereocenters. The Bertz CT molecular complexity index is 350. The van der Waals surface area contributed by atoms with Crippen LogP contribution in [0.15, 0.2) is 24.3 Å². The first-order chi connectivity index (χ1) is 7.43. The van der Waals surface area contributed by atoms with E-state index in [1.54, 1.807) is 0 Å². The molecule has 80 valence electrons. The molecule has 1 N–H and O–H groups in total. The first-order valence-electron chi connectivity index (χ1n) is 5.27. The largest absolute Gasteiger partial charge is 0.484 e. The Balaban J connectivity index is 1.76. The topological polar surface area (TPSA) is 33.7 Å². The third-order valence-electron chi connectivity index (χ3n) is 2.79. The van der Waals surface area contributed by atoms with Gasteiger partial charge < -0.3 is 14.8 Å². The van der Waals surface area contributed by atoms with Crippen LogP contribution in [-0.4, -0.2) is 37.5 Å². The first kappa shape index (κ1) is 9.00. The fourth-order valence-corrected chi connectivity index (χ4v) is 1.96. The predicted molar refractivity (Wildman–Crippen MR) is 55.9 cm³/mol. The van der Waals surface area contributed by atoms with Crippen molar-refractivity contribution in [3.05, 3.63) is 24.3 Å². The number of nitrogens with zero attached hydrogens (tertiary/aromatic N) is 1. The van der Waals surface area contributed by atoms with Gasteiger partial charge >= 0.3 is 0 Å². The zero-order valence-corrected chi connectivity index (χ0v) is 8.48. The zero-order valence-electron chi connectivity index (χ0n) is 8.48. The van der Waals surface area contributed by atoms with E-state index >= 15 is 0 Å². The minimum atomic E-state index is 0.0508. The van der Waals surface area contributed by atoms with Gasteiger partial charge in [0.2, 0.25) is 0 Å². The van der Waals surface area contributed by atoms with Crippen molar-refractivity contribution in [2.24, 2.45) is 0 Å². The fourth-order valence-electron chi connectivity index (χ4n) is 1.96. The van der Waals surface area contributed by atoms with Gasteiger partial charge in [0.15, 0.2) is 17.7 Å². The highest BCUT2D eigenvalue weighted by Crippen LogP contribution is 2.31. The van der Waals surface area contributed by atoms with Gasteiger partial charge in [-0.05, 0) is 12.1 Å². The molecule has 1 atom stereocenters. The predicted octanol–water partition coefficient (Wildman–Crippen LogP) is 0.647. The van der Waals surface area contributed by atoms with Gasteiger partial charge in [0.05, 0.1) is 6.67 Å². The van der Waals surface area contributed by atoms with Gasteiger partial charge in [0.1, 0.15) is 6.61 Å². The van der Waals surface area contributed by atoms with E-state index in [1.165, 1.54) is 0 Å². The lowest BCUT2D eigenvalue weighted by atomic mass is 10.3. The van der Waals surface area contributed by atoms with Crippen molar-refractivity contribution < 1.29 is 9.47 Å². The summed E-state index contributed by atoms with van der Waals surface area (Å²) in [6.45, 7) is 3.55. The lowest BCUT2D eigenvalue weighted by Crippen LogP contribution is -2.44. The van der Waals surface area contributed by atoms with Gasteiger partial charge in [-0.25, -0.2) is 0 Å². The van der Waals surface area contributed by atoms with Crippen LogP contribution in [0.4, 0.5) is 0 Å². The van der Waals surface area contributed by atoms with Crippen molar-refractivity contribution in [3.8, 4) is 11.5 Å². The smallest absolute Gasteiger partial charge is 0.188 e. The monoisotopic (exact) mass is 206 g/mol. The Morgan fingerprint density at radius 3 is 2.93 bits per heavy atom. The molecule has 0 saturated carbocycles. The fraction of sp³-hybridized carbons (Fsp3) is 0.455. The molecule has 0 aromatic heterocycles. The van der Waals surface area contributed by atoms with E-state index in [9.17, 15) is 0 Å². The Hall–Kier alpha value is -1.26. The number of benzene rings is 1. The molecule has 2 heterocycles. The lowest BCUT2D eigenvalue weighted by molar-refractivity contribution is -0.0172. The van der Waals surface area contributed by atoms with Gasteiger partial charge in [0.25, 0.3) is 0 Å². The van der Waals surface area contributed by atoms with E-state index in [2.05, 4.69) is 10.2 Å². The molecule has 3 rings (SSSR count). The van der Waals surface area contributed by atoms with Crippen molar-refractivity contribution in [1.82, 2.24) is 10.2 Å². The van der Waals surface area contributed by atoms with E-state index in [0.717, 1.165) is 31.3 Å². The van der Waals surface area contributed by atoms with Gasteiger partial charge in [-0.1, -0.05) is 12.1 Å². The summed E-state index contributed by atoms with van der Waals surface area (Å²) in [7, 11) is 0. The quantitative estimate of drug-likeness (QED) is 0.731. The molecule has 0 radical (unpaired) electrons. The van der Waals surface area contributed by atoms with E-state index in [1.807, 2.05) is 24.3 Å². The van der Waals surface area contributed by atoms with E-state index in [0.29, 0.717) is 6.61 Å². The number of nitrogens with one attached hydrogen (secondary N) is 1. The molecule has 2 aliphatic heterocycles. The van der Waals surface area contributed by atoms with Crippen molar-refractivity contribution in [3.63, 3.8) is 0 Å². The second-order valence-corrected chi connectivity index (χ2v) is 3.80. The Kier molecular flexibility index (Phi) is 2.23. The van der Waals surface area contributed by atoms with Crippen LogP contribution in [0.5, 0.6) is 11.5 Å². The summed E-state index contributed by atoms with van der Waals surface area (Å²) < 4.78 is 11.5. The van der Waals surface area contributed by atoms with Crippen LogP contribution in [0.3, 0.4) is 0 Å². The van der Waals surface area contributed by atoms with E-state index in [4.69, 9.17) is 9.47 Å². The number of rotatable bonds is 1. The molecular formula is C11H14N2O2. The molecule has 2 aliphatic rings. The summed E-state index contributed by atoms with van der Waals surface area (Å²) in [4.78, 5) is 2.25. The van der Waals surface area contributed by atoms with E-state index in [-0.39, 0.29) is 6.23 Å². The minimum absolute atomic E-state index is 0.0508. The van der Waals surface area contributed by atoms with Crippen LogP contribution in [0, 0.1) is 0 Å². The van der Waals surface area contributed by atoms with Crippen molar-refractivity contribution in [2.75, 3.05) is 26.4 Å². The number of fused-ring (bicyclic) bond motifs is 1. The molecular weight excluding hydrogens is 192 g/mol. The highest BCUT2D eigenvalue weighted by molar-refractivity contribution is 5.40. The number of para-hydroxylation sites is 2. The van der Waals surface area contributed by atoms with E-state index < -0.39 is 0 Å².